The summed E-state index contributed by atoms with van der Waals surface area (Å²) in [6.45, 7) is 1.88. The summed E-state index contributed by atoms with van der Waals surface area (Å²) in [5.74, 6) is -0.190. The lowest BCUT2D eigenvalue weighted by Gasteiger charge is -2.02. The van der Waals surface area contributed by atoms with Crippen molar-refractivity contribution in [1.29, 1.82) is 0 Å². The summed E-state index contributed by atoms with van der Waals surface area (Å²) < 4.78 is 40.2. The van der Waals surface area contributed by atoms with Gasteiger partial charge < -0.3 is 10.3 Å². The maximum atomic E-state index is 11.9. The van der Waals surface area contributed by atoms with E-state index in [0.717, 1.165) is 0 Å². The predicted molar refractivity (Wildman–Crippen MR) is 46.0 cm³/mol. The third-order valence-corrected chi connectivity index (χ3v) is 1.83. The van der Waals surface area contributed by atoms with Crippen molar-refractivity contribution in [3.05, 3.63) is 11.7 Å². The molecule has 1 unspecified atom stereocenters. The first-order valence-electron chi connectivity index (χ1n) is 4.54. The van der Waals surface area contributed by atoms with E-state index in [9.17, 15) is 13.2 Å². The number of nitrogens with zero attached hydrogens (tertiary/aromatic N) is 2. The molecule has 1 heterocycles. The predicted octanol–water partition coefficient (Wildman–Crippen LogP) is 1.45. The third-order valence-electron chi connectivity index (χ3n) is 1.83. The monoisotopic (exact) mass is 223 g/mol. The fraction of sp³-hybridized carbons (Fsp3) is 0.750. The second-order valence-electron chi connectivity index (χ2n) is 3.27. The van der Waals surface area contributed by atoms with Gasteiger partial charge in [-0.3, -0.25) is 0 Å². The Morgan fingerprint density at radius 2 is 2.13 bits per heavy atom. The number of nitrogens with two attached hydrogens (primary N) is 1. The van der Waals surface area contributed by atoms with E-state index in [1.54, 1.807) is 0 Å². The Hall–Kier alpha value is -1.11. The molecule has 7 heteroatoms. The highest BCUT2D eigenvalue weighted by atomic mass is 19.4. The summed E-state index contributed by atoms with van der Waals surface area (Å²) >= 11 is 0. The van der Waals surface area contributed by atoms with E-state index in [0.29, 0.717) is 12.8 Å². The van der Waals surface area contributed by atoms with Crippen molar-refractivity contribution >= 4 is 0 Å². The van der Waals surface area contributed by atoms with Crippen molar-refractivity contribution in [3.8, 4) is 0 Å². The summed E-state index contributed by atoms with van der Waals surface area (Å²) in [7, 11) is 0. The SMILES string of the molecule is CCC(N)Cc1noc(CC(F)(F)F)n1. The van der Waals surface area contributed by atoms with Crippen molar-refractivity contribution < 1.29 is 17.7 Å². The first kappa shape index (κ1) is 12.0. The molecule has 0 aliphatic rings. The zero-order valence-electron chi connectivity index (χ0n) is 8.21. The Bertz CT molecular complexity index is 310. The Kier molecular flexibility index (Phi) is 3.67. The van der Waals surface area contributed by atoms with Gasteiger partial charge in [0.25, 0.3) is 0 Å². The van der Waals surface area contributed by atoms with Crippen LogP contribution in [-0.4, -0.2) is 22.4 Å². The normalized spacial score (nSPS) is 14.2. The van der Waals surface area contributed by atoms with Gasteiger partial charge in [0, 0.05) is 12.5 Å². The van der Waals surface area contributed by atoms with Gasteiger partial charge in [0.15, 0.2) is 5.82 Å². The van der Waals surface area contributed by atoms with Crippen LogP contribution in [0, 0.1) is 0 Å². The highest BCUT2D eigenvalue weighted by molar-refractivity contribution is 4.90. The Balaban J connectivity index is 2.56. The van der Waals surface area contributed by atoms with Crippen molar-refractivity contribution in [1.82, 2.24) is 10.1 Å². The fourth-order valence-electron chi connectivity index (χ4n) is 0.995. The lowest BCUT2D eigenvalue weighted by molar-refractivity contribution is -0.131. The van der Waals surface area contributed by atoms with Crippen molar-refractivity contribution in [2.24, 2.45) is 5.73 Å². The van der Waals surface area contributed by atoms with Gasteiger partial charge in [-0.1, -0.05) is 12.1 Å². The number of halogens is 3. The van der Waals surface area contributed by atoms with Gasteiger partial charge in [0.05, 0.1) is 0 Å². The van der Waals surface area contributed by atoms with Crippen molar-refractivity contribution in [3.63, 3.8) is 0 Å². The number of hydrogen-bond acceptors (Lipinski definition) is 4. The van der Waals surface area contributed by atoms with E-state index >= 15 is 0 Å². The zero-order valence-corrected chi connectivity index (χ0v) is 8.21. The van der Waals surface area contributed by atoms with Crippen LogP contribution in [0.3, 0.4) is 0 Å². The van der Waals surface area contributed by atoms with Gasteiger partial charge in [-0.05, 0) is 6.42 Å². The quantitative estimate of drug-likeness (QED) is 0.839. The van der Waals surface area contributed by atoms with Crippen LogP contribution in [0.25, 0.3) is 0 Å². The average molecular weight is 223 g/mol. The fourth-order valence-corrected chi connectivity index (χ4v) is 0.995. The second-order valence-corrected chi connectivity index (χ2v) is 3.27. The van der Waals surface area contributed by atoms with E-state index in [1.807, 2.05) is 6.92 Å². The molecule has 1 aromatic rings. The minimum Gasteiger partial charge on any atom is -0.339 e. The molecule has 0 spiro atoms. The number of hydrogen-bond donors (Lipinski definition) is 1. The molecular formula is C8H12F3N3O. The summed E-state index contributed by atoms with van der Waals surface area (Å²) in [4.78, 5) is 3.61. The first-order valence-corrected chi connectivity index (χ1v) is 4.54. The molecule has 0 aliphatic heterocycles. The molecule has 2 N–H and O–H groups in total. The zero-order chi connectivity index (χ0) is 11.5. The van der Waals surface area contributed by atoms with Gasteiger partial charge in [-0.2, -0.15) is 18.2 Å². The minimum atomic E-state index is -4.32. The highest BCUT2D eigenvalue weighted by Crippen LogP contribution is 2.20. The van der Waals surface area contributed by atoms with Crippen LogP contribution in [-0.2, 0) is 12.8 Å². The molecule has 0 saturated heterocycles. The van der Waals surface area contributed by atoms with Crippen LogP contribution >= 0.6 is 0 Å². The van der Waals surface area contributed by atoms with Crippen molar-refractivity contribution in [2.75, 3.05) is 0 Å². The van der Waals surface area contributed by atoms with Gasteiger partial charge in [-0.25, -0.2) is 0 Å². The molecule has 0 saturated carbocycles. The molecule has 0 bridgehead atoms. The summed E-state index contributed by atoms with van der Waals surface area (Å²) in [6, 6.07) is -0.152. The molecule has 1 rings (SSSR count). The second kappa shape index (κ2) is 4.61. The Morgan fingerprint density at radius 1 is 1.47 bits per heavy atom. The van der Waals surface area contributed by atoms with Gasteiger partial charge >= 0.3 is 6.18 Å². The largest absolute Gasteiger partial charge is 0.397 e. The Morgan fingerprint density at radius 3 is 2.67 bits per heavy atom. The minimum absolute atomic E-state index is 0.152. The van der Waals surface area contributed by atoms with Gasteiger partial charge in [0.1, 0.15) is 6.42 Å². The van der Waals surface area contributed by atoms with Crippen LogP contribution in [0.2, 0.25) is 0 Å². The molecular weight excluding hydrogens is 211 g/mol. The third kappa shape index (κ3) is 4.28. The molecule has 0 amide bonds. The molecule has 86 valence electrons. The first-order chi connectivity index (χ1) is 6.90. The summed E-state index contributed by atoms with van der Waals surface area (Å²) in [5.41, 5.74) is 5.60. The molecule has 1 atom stereocenters. The highest BCUT2D eigenvalue weighted by Gasteiger charge is 2.31. The van der Waals surface area contributed by atoms with Crippen LogP contribution in [0.1, 0.15) is 25.1 Å². The molecule has 0 aliphatic carbocycles. The topological polar surface area (TPSA) is 64.9 Å². The van der Waals surface area contributed by atoms with Crippen LogP contribution in [0.15, 0.2) is 4.52 Å². The number of aromatic nitrogens is 2. The molecule has 1 aromatic heterocycles. The van der Waals surface area contributed by atoms with E-state index in [2.05, 4.69) is 14.7 Å². The van der Waals surface area contributed by atoms with Crippen LogP contribution < -0.4 is 5.73 Å². The maximum absolute atomic E-state index is 11.9. The van der Waals surface area contributed by atoms with Crippen LogP contribution in [0.5, 0.6) is 0 Å². The summed E-state index contributed by atoms with van der Waals surface area (Å²) in [6.07, 6.45) is -4.47. The Labute approximate surface area is 84.6 Å². The van der Waals surface area contributed by atoms with E-state index in [-0.39, 0.29) is 11.9 Å². The lowest BCUT2D eigenvalue weighted by Crippen LogP contribution is -2.22. The number of rotatable bonds is 4. The molecule has 0 aromatic carbocycles. The smallest absolute Gasteiger partial charge is 0.339 e. The lowest BCUT2D eigenvalue weighted by atomic mass is 10.2. The van der Waals surface area contributed by atoms with Gasteiger partial charge in [0.2, 0.25) is 5.89 Å². The maximum Gasteiger partial charge on any atom is 0.397 e. The molecule has 0 fully saturated rings. The van der Waals surface area contributed by atoms with Crippen LogP contribution in [0.4, 0.5) is 13.2 Å². The number of alkyl halides is 3. The van der Waals surface area contributed by atoms with E-state index < -0.39 is 18.5 Å². The van der Waals surface area contributed by atoms with E-state index in [4.69, 9.17) is 5.73 Å². The summed E-state index contributed by atoms with van der Waals surface area (Å²) in [5, 5.41) is 3.42. The van der Waals surface area contributed by atoms with Crippen molar-refractivity contribution in [2.45, 2.75) is 38.4 Å². The molecule has 0 radical (unpaired) electrons. The molecule has 15 heavy (non-hydrogen) atoms. The standard InChI is InChI=1S/C8H12F3N3O/c1-2-5(12)3-6-13-7(15-14-6)4-8(9,10)11/h5H,2-4,12H2,1H3. The van der Waals surface area contributed by atoms with Gasteiger partial charge in [-0.15, -0.1) is 0 Å². The average Bonchev–Trinajstić information content (AvgIpc) is 2.49. The van der Waals surface area contributed by atoms with E-state index in [1.165, 1.54) is 0 Å². The molecule has 4 nitrogen and oxygen atoms in total.